The standard InChI is InChI=1S/C12H24N2/c1-11(7-8-11)12(2,9-13)14(3)10-5-4-6-10/h10H,4-9,13H2,1-3H3. The zero-order chi connectivity index (χ0) is 10.4. The summed E-state index contributed by atoms with van der Waals surface area (Å²) in [7, 11) is 2.28. The topological polar surface area (TPSA) is 29.3 Å². The van der Waals surface area contributed by atoms with Crippen molar-refractivity contribution in [2.24, 2.45) is 11.1 Å². The summed E-state index contributed by atoms with van der Waals surface area (Å²) in [5, 5.41) is 0. The molecule has 0 spiro atoms. The third-order valence-electron chi connectivity index (χ3n) is 5.10. The van der Waals surface area contributed by atoms with E-state index in [9.17, 15) is 0 Å². The van der Waals surface area contributed by atoms with Crippen LogP contribution in [0.25, 0.3) is 0 Å². The molecule has 0 bridgehead atoms. The Hall–Kier alpha value is -0.0800. The van der Waals surface area contributed by atoms with Gasteiger partial charge in [0.2, 0.25) is 0 Å². The zero-order valence-corrected chi connectivity index (χ0v) is 9.84. The van der Waals surface area contributed by atoms with Crippen LogP contribution in [0.3, 0.4) is 0 Å². The molecular weight excluding hydrogens is 172 g/mol. The zero-order valence-electron chi connectivity index (χ0n) is 9.84. The summed E-state index contributed by atoms with van der Waals surface area (Å²) >= 11 is 0. The lowest BCUT2D eigenvalue weighted by atomic mass is 9.78. The Bertz CT molecular complexity index is 218. The van der Waals surface area contributed by atoms with Gasteiger partial charge in [0.15, 0.2) is 0 Å². The lowest BCUT2D eigenvalue weighted by molar-refractivity contribution is 0.00461. The maximum Gasteiger partial charge on any atom is 0.0356 e. The summed E-state index contributed by atoms with van der Waals surface area (Å²) in [6, 6.07) is 0.806. The summed E-state index contributed by atoms with van der Waals surface area (Å²) in [4.78, 5) is 2.57. The minimum atomic E-state index is 0.234. The van der Waals surface area contributed by atoms with Crippen LogP contribution in [0.5, 0.6) is 0 Å². The van der Waals surface area contributed by atoms with Gasteiger partial charge in [0.25, 0.3) is 0 Å². The molecule has 1 unspecified atom stereocenters. The largest absolute Gasteiger partial charge is 0.329 e. The third-order valence-corrected chi connectivity index (χ3v) is 5.10. The number of likely N-dealkylation sites (N-methyl/N-ethyl adjacent to an activating group) is 1. The van der Waals surface area contributed by atoms with E-state index in [1.165, 1.54) is 32.1 Å². The Morgan fingerprint density at radius 2 is 2.00 bits per heavy atom. The summed E-state index contributed by atoms with van der Waals surface area (Å²) in [6.45, 7) is 5.56. The van der Waals surface area contributed by atoms with Crippen molar-refractivity contribution in [3.63, 3.8) is 0 Å². The average molecular weight is 196 g/mol. The van der Waals surface area contributed by atoms with Gasteiger partial charge in [-0.15, -0.1) is 0 Å². The Labute approximate surface area is 87.8 Å². The molecule has 0 aromatic heterocycles. The van der Waals surface area contributed by atoms with Crippen molar-refractivity contribution < 1.29 is 0 Å². The molecule has 82 valence electrons. The van der Waals surface area contributed by atoms with Crippen LogP contribution >= 0.6 is 0 Å². The van der Waals surface area contributed by atoms with Gasteiger partial charge < -0.3 is 5.73 Å². The van der Waals surface area contributed by atoms with E-state index in [0.717, 1.165) is 12.6 Å². The highest BCUT2D eigenvalue weighted by molar-refractivity contribution is 5.10. The molecule has 2 nitrogen and oxygen atoms in total. The number of nitrogens with two attached hydrogens (primary N) is 1. The van der Waals surface area contributed by atoms with Crippen molar-refractivity contribution in [3.05, 3.63) is 0 Å². The van der Waals surface area contributed by atoms with E-state index in [2.05, 4.69) is 25.8 Å². The van der Waals surface area contributed by atoms with Crippen LogP contribution in [0.1, 0.15) is 46.0 Å². The third kappa shape index (κ3) is 1.31. The summed E-state index contributed by atoms with van der Waals surface area (Å²) in [6.07, 6.45) is 6.88. The maximum absolute atomic E-state index is 6.01. The molecule has 2 aliphatic rings. The lowest BCUT2D eigenvalue weighted by Crippen LogP contribution is -2.60. The second kappa shape index (κ2) is 3.21. The van der Waals surface area contributed by atoms with Crippen molar-refractivity contribution in [1.29, 1.82) is 0 Å². The highest BCUT2D eigenvalue weighted by Gasteiger charge is 2.55. The van der Waals surface area contributed by atoms with Gasteiger partial charge in [0.1, 0.15) is 0 Å². The lowest BCUT2D eigenvalue weighted by Gasteiger charge is -2.50. The first-order chi connectivity index (χ1) is 6.53. The van der Waals surface area contributed by atoms with Crippen LogP contribution in [0.15, 0.2) is 0 Å². The van der Waals surface area contributed by atoms with E-state index in [1.54, 1.807) is 0 Å². The van der Waals surface area contributed by atoms with Gasteiger partial charge in [-0.2, -0.15) is 0 Å². The van der Waals surface area contributed by atoms with Gasteiger partial charge in [0, 0.05) is 18.1 Å². The first-order valence-corrected chi connectivity index (χ1v) is 5.96. The second-order valence-corrected chi connectivity index (χ2v) is 5.73. The first-order valence-electron chi connectivity index (χ1n) is 5.96. The molecule has 0 aliphatic heterocycles. The molecule has 1 atom stereocenters. The van der Waals surface area contributed by atoms with Crippen molar-refractivity contribution in [3.8, 4) is 0 Å². The molecule has 0 aromatic rings. The molecule has 2 fully saturated rings. The van der Waals surface area contributed by atoms with Gasteiger partial charge in [-0.1, -0.05) is 13.3 Å². The molecule has 0 amide bonds. The van der Waals surface area contributed by atoms with Crippen LogP contribution in [-0.2, 0) is 0 Å². The smallest absolute Gasteiger partial charge is 0.0356 e. The molecule has 0 radical (unpaired) electrons. The first kappa shape index (κ1) is 10.4. The molecular formula is C12H24N2. The number of rotatable bonds is 4. The normalized spacial score (nSPS) is 29.8. The highest BCUT2D eigenvalue weighted by Crippen LogP contribution is 2.56. The Morgan fingerprint density at radius 3 is 2.29 bits per heavy atom. The fourth-order valence-electron chi connectivity index (χ4n) is 2.72. The molecule has 2 rings (SSSR count). The van der Waals surface area contributed by atoms with Crippen molar-refractivity contribution in [1.82, 2.24) is 4.90 Å². The monoisotopic (exact) mass is 196 g/mol. The predicted octanol–water partition coefficient (Wildman–Crippen LogP) is 1.99. The van der Waals surface area contributed by atoms with Crippen molar-refractivity contribution in [2.75, 3.05) is 13.6 Å². The number of hydrogen-bond acceptors (Lipinski definition) is 2. The fraction of sp³-hybridized carbons (Fsp3) is 1.00. The van der Waals surface area contributed by atoms with Gasteiger partial charge in [0.05, 0.1) is 0 Å². The summed E-state index contributed by atoms with van der Waals surface area (Å²) in [5.41, 5.74) is 6.74. The number of nitrogens with zero attached hydrogens (tertiary/aromatic N) is 1. The Kier molecular flexibility index (Phi) is 2.39. The van der Waals surface area contributed by atoms with E-state index in [4.69, 9.17) is 5.73 Å². The second-order valence-electron chi connectivity index (χ2n) is 5.73. The molecule has 0 heterocycles. The van der Waals surface area contributed by atoms with Crippen LogP contribution < -0.4 is 5.73 Å². The van der Waals surface area contributed by atoms with Crippen LogP contribution in [0.2, 0.25) is 0 Å². The van der Waals surface area contributed by atoms with Crippen molar-refractivity contribution >= 4 is 0 Å². The van der Waals surface area contributed by atoms with Crippen LogP contribution in [-0.4, -0.2) is 30.1 Å². The van der Waals surface area contributed by atoms with E-state index < -0.39 is 0 Å². The summed E-state index contributed by atoms with van der Waals surface area (Å²) in [5.74, 6) is 0. The van der Waals surface area contributed by atoms with Crippen LogP contribution in [0, 0.1) is 5.41 Å². The summed E-state index contributed by atoms with van der Waals surface area (Å²) < 4.78 is 0. The van der Waals surface area contributed by atoms with E-state index >= 15 is 0 Å². The molecule has 2 saturated carbocycles. The maximum atomic E-state index is 6.01. The molecule has 0 aromatic carbocycles. The van der Waals surface area contributed by atoms with Crippen LogP contribution in [0.4, 0.5) is 0 Å². The van der Waals surface area contributed by atoms with Gasteiger partial charge in [-0.05, 0) is 45.1 Å². The Balaban J connectivity index is 2.10. The van der Waals surface area contributed by atoms with Gasteiger partial charge in [-0.25, -0.2) is 0 Å². The minimum Gasteiger partial charge on any atom is -0.329 e. The minimum absolute atomic E-state index is 0.234. The fourth-order valence-corrected chi connectivity index (χ4v) is 2.72. The van der Waals surface area contributed by atoms with Gasteiger partial charge >= 0.3 is 0 Å². The predicted molar refractivity (Wildman–Crippen MR) is 60.2 cm³/mol. The SMILES string of the molecule is CN(C1CCC1)C(C)(CN)C1(C)CC1. The molecule has 2 N–H and O–H groups in total. The van der Waals surface area contributed by atoms with E-state index in [1.807, 2.05) is 0 Å². The van der Waals surface area contributed by atoms with E-state index in [0.29, 0.717) is 5.41 Å². The quantitative estimate of drug-likeness (QED) is 0.745. The van der Waals surface area contributed by atoms with Gasteiger partial charge in [-0.3, -0.25) is 4.90 Å². The number of hydrogen-bond donors (Lipinski definition) is 1. The molecule has 14 heavy (non-hydrogen) atoms. The Morgan fingerprint density at radius 1 is 1.43 bits per heavy atom. The average Bonchev–Trinajstić information content (AvgIpc) is 2.80. The molecule has 0 saturated heterocycles. The van der Waals surface area contributed by atoms with E-state index in [-0.39, 0.29) is 5.54 Å². The molecule has 2 aliphatic carbocycles. The molecule has 2 heteroatoms. The highest BCUT2D eigenvalue weighted by atomic mass is 15.2. The van der Waals surface area contributed by atoms with Crippen molar-refractivity contribution in [2.45, 2.75) is 57.5 Å².